The number of benzene rings is 1. The molecule has 0 aliphatic heterocycles. The molecule has 10 nitrogen and oxygen atoms in total. The fourth-order valence-electron chi connectivity index (χ4n) is 1.92. The first-order chi connectivity index (χ1) is 11.3. The maximum absolute atomic E-state index is 12.1. The topological polar surface area (TPSA) is 133 Å². The molecule has 24 heavy (non-hydrogen) atoms. The molecule has 0 aliphatic rings. The highest BCUT2D eigenvalue weighted by molar-refractivity contribution is 9.10. The Bertz CT molecular complexity index is 787. The van der Waals surface area contributed by atoms with E-state index in [0.717, 1.165) is 18.2 Å². The molecule has 0 bridgehead atoms. The summed E-state index contributed by atoms with van der Waals surface area (Å²) in [6, 6.07) is 2.78. The molecule has 0 spiro atoms. The predicted molar refractivity (Wildman–Crippen MR) is 86.5 cm³/mol. The molecule has 0 atom stereocenters. The van der Waals surface area contributed by atoms with Crippen molar-refractivity contribution in [3.05, 3.63) is 60.4 Å². The Labute approximate surface area is 143 Å². The number of carbonyl (C=O) groups excluding carboxylic acids is 1. The Morgan fingerprint density at radius 1 is 1.25 bits per heavy atom. The fourth-order valence-corrected chi connectivity index (χ4v) is 2.38. The molecule has 0 fully saturated rings. The second kappa shape index (κ2) is 7.17. The Morgan fingerprint density at radius 2 is 1.83 bits per heavy atom. The molecule has 1 amide bonds. The van der Waals surface area contributed by atoms with E-state index in [0.29, 0.717) is 16.7 Å². The molecule has 0 unspecified atom stereocenters. The normalized spacial score (nSPS) is 10.4. The average Bonchev–Trinajstić information content (AvgIpc) is 2.92. The third kappa shape index (κ3) is 3.93. The molecule has 1 heterocycles. The van der Waals surface area contributed by atoms with Crippen LogP contribution in [0.5, 0.6) is 0 Å². The number of nitro benzene ring substituents is 2. The molecule has 2 aromatic rings. The molecule has 11 heteroatoms. The zero-order chi connectivity index (χ0) is 17.9. The van der Waals surface area contributed by atoms with Crippen molar-refractivity contribution >= 4 is 33.2 Å². The van der Waals surface area contributed by atoms with Gasteiger partial charge in [-0.3, -0.25) is 29.7 Å². The van der Waals surface area contributed by atoms with Crippen molar-refractivity contribution in [1.82, 2.24) is 15.1 Å². The average molecular weight is 398 g/mol. The van der Waals surface area contributed by atoms with Crippen LogP contribution in [0, 0.1) is 20.2 Å². The standard InChI is InChI=1S/C13H12BrN5O5/c1-2-17-7-11(14)12(16-17)6-15-13(20)8-3-9(18(21)22)5-10(4-8)19(23)24/h3-5,7H,2,6H2,1H3,(H,15,20). The Morgan fingerprint density at radius 3 is 2.29 bits per heavy atom. The van der Waals surface area contributed by atoms with Crippen LogP contribution in [0.1, 0.15) is 23.0 Å². The van der Waals surface area contributed by atoms with Gasteiger partial charge < -0.3 is 5.32 Å². The summed E-state index contributed by atoms with van der Waals surface area (Å²) in [5.74, 6) is -0.667. The molecular formula is C13H12BrN5O5. The first-order valence-electron chi connectivity index (χ1n) is 6.75. The van der Waals surface area contributed by atoms with E-state index >= 15 is 0 Å². The van der Waals surface area contributed by atoms with Gasteiger partial charge in [-0.25, -0.2) is 0 Å². The van der Waals surface area contributed by atoms with Gasteiger partial charge in [0, 0.05) is 24.9 Å². The van der Waals surface area contributed by atoms with Crippen LogP contribution < -0.4 is 5.32 Å². The molecule has 0 radical (unpaired) electrons. The number of nitrogens with zero attached hydrogens (tertiary/aromatic N) is 4. The molecular weight excluding hydrogens is 386 g/mol. The third-order valence-corrected chi connectivity index (χ3v) is 3.78. The SMILES string of the molecule is CCn1cc(Br)c(CNC(=O)c2cc([N+](=O)[O-])cc([N+](=O)[O-])c2)n1. The Balaban J connectivity index is 2.21. The molecule has 1 N–H and O–H groups in total. The lowest BCUT2D eigenvalue weighted by Gasteiger charge is -2.04. The lowest BCUT2D eigenvalue weighted by Crippen LogP contribution is -2.23. The zero-order valence-corrected chi connectivity index (χ0v) is 14.0. The number of nitro groups is 2. The zero-order valence-electron chi connectivity index (χ0n) is 12.4. The number of aromatic nitrogens is 2. The van der Waals surface area contributed by atoms with E-state index in [2.05, 4.69) is 26.3 Å². The van der Waals surface area contributed by atoms with Gasteiger partial charge in [0.1, 0.15) is 0 Å². The van der Waals surface area contributed by atoms with Crippen LogP contribution in [0.2, 0.25) is 0 Å². The largest absolute Gasteiger partial charge is 0.346 e. The van der Waals surface area contributed by atoms with Gasteiger partial charge in [0.2, 0.25) is 0 Å². The maximum Gasteiger partial charge on any atom is 0.277 e. The summed E-state index contributed by atoms with van der Waals surface area (Å²) in [5.41, 5.74) is -0.635. The molecule has 126 valence electrons. The summed E-state index contributed by atoms with van der Waals surface area (Å²) >= 11 is 3.31. The van der Waals surface area contributed by atoms with E-state index in [1.54, 1.807) is 10.9 Å². The minimum Gasteiger partial charge on any atom is -0.346 e. The Hall–Kier alpha value is -2.82. The van der Waals surface area contributed by atoms with E-state index in [4.69, 9.17) is 0 Å². The van der Waals surface area contributed by atoms with Gasteiger partial charge in [-0.2, -0.15) is 5.10 Å². The van der Waals surface area contributed by atoms with Crippen molar-refractivity contribution < 1.29 is 14.6 Å². The maximum atomic E-state index is 12.1. The summed E-state index contributed by atoms with van der Waals surface area (Å²) < 4.78 is 2.37. The van der Waals surface area contributed by atoms with Gasteiger partial charge in [0.25, 0.3) is 17.3 Å². The van der Waals surface area contributed by atoms with Gasteiger partial charge in [0.05, 0.1) is 38.2 Å². The molecule has 0 saturated carbocycles. The number of aryl methyl sites for hydroxylation is 1. The van der Waals surface area contributed by atoms with Crippen molar-refractivity contribution in [3.63, 3.8) is 0 Å². The lowest BCUT2D eigenvalue weighted by atomic mass is 10.1. The quantitative estimate of drug-likeness (QED) is 0.587. The minimum absolute atomic E-state index is 0.0723. The Kier molecular flexibility index (Phi) is 5.24. The van der Waals surface area contributed by atoms with Crippen LogP contribution >= 0.6 is 15.9 Å². The van der Waals surface area contributed by atoms with E-state index in [-0.39, 0.29) is 12.1 Å². The van der Waals surface area contributed by atoms with Crippen molar-refractivity contribution in [3.8, 4) is 0 Å². The summed E-state index contributed by atoms with van der Waals surface area (Å²) in [5, 5.41) is 28.4. The van der Waals surface area contributed by atoms with Gasteiger partial charge in [-0.1, -0.05) is 0 Å². The van der Waals surface area contributed by atoms with Crippen LogP contribution in [-0.4, -0.2) is 25.5 Å². The monoisotopic (exact) mass is 397 g/mol. The number of nitrogens with one attached hydrogen (secondary N) is 1. The van der Waals surface area contributed by atoms with E-state index in [1.165, 1.54) is 0 Å². The highest BCUT2D eigenvalue weighted by Gasteiger charge is 2.20. The highest BCUT2D eigenvalue weighted by atomic mass is 79.9. The smallest absolute Gasteiger partial charge is 0.277 e. The van der Waals surface area contributed by atoms with Crippen molar-refractivity contribution in [2.45, 2.75) is 20.0 Å². The number of non-ortho nitro benzene ring substituents is 2. The molecule has 0 saturated heterocycles. The second-order valence-electron chi connectivity index (χ2n) is 4.71. The van der Waals surface area contributed by atoms with Crippen molar-refractivity contribution in [2.75, 3.05) is 0 Å². The summed E-state index contributed by atoms with van der Waals surface area (Å²) in [6.07, 6.45) is 1.75. The summed E-state index contributed by atoms with van der Waals surface area (Å²) in [6.45, 7) is 2.64. The highest BCUT2D eigenvalue weighted by Crippen LogP contribution is 2.23. The van der Waals surface area contributed by atoms with Gasteiger partial charge in [0.15, 0.2) is 0 Å². The van der Waals surface area contributed by atoms with E-state index in [9.17, 15) is 25.0 Å². The van der Waals surface area contributed by atoms with E-state index in [1.807, 2.05) is 6.92 Å². The van der Waals surface area contributed by atoms with Gasteiger partial charge in [-0.15, -0.1) is 0 Å². The van der Waals surface area contributed by atoms with Crippen molar-refractivity contribution in [1.29, 1.82) is 0 Å². The number of carbonyl (C=O) groups is 1. The first-order valence-corrected chi connectivity index (χ1v) is 7.55. The minimum atomic E-state index is -0.788. The molecule has 1 aromatic carbocycles. The molecule has 1 aromatic heterocycles. The van der Waals surface area contributed by atoms with Crippen LogP contribution in [0.4, 0.5) is 11.4 Å². The van der Waals surface area contributed by atoms with Crippen LogP contribution in [-0.2, 0) is 13.1 Å². The number of hydrogen-bond acceptors (Lipinski definition) is 6. The number of hydrogen-bond donors (Lipinski definition) is 1. The lowest BCUT2D eigenvalue weighted by molar-refractivity contribution is -0.394. The predicted octanol–water partition coefficient (Wildman–Crippen LogP) is 2.41. The fraction of sp³-hybridized carbons (Fsp3) is 0.231. The second-order valence-corrected chi connectivity index (χ2v) is 5.57. The van der Waals surface area contributed by atoms with Crippen LogP contribution in [0.3, 0.4) is 0 Å². The number of amides is 1. The molecule has 2 rings (SSSR count). The van der Waals surface area contributed by atoms with E-state index < -0.39 is 27.1 Å². The summed E-state index contributed by atoms with van der Waals surface area (Å²) in [4.78, 5) is 32.3. The van der Waals surface area contributed by atoms with Gasteiger partial charge in [-0.05, 0) is 22.9 Å². The number of rotatable bonds is 6. The van der Waals surface area contributed by atoms with Crippen LogP contribution in [0.15, 0.2) is 28.9 Å². The first kappa shape index (κ1) is 17.5. The summed E-state index contributed by atoms with van der Waals surface area (Å²) in [7, 11) is 0. The van der Waals surface area contributed by atoms with Gasteiger partial charge >= 0.3 is 0 Å². The third-order valence-electron chi connectivity index (χ3n) is 3.11. The molecule has 0 aliphatic carbocycles. The number of halogens is 1. The van der Waals surface area contributed by atoms with Crippen LogP contribution in [0.25, 0.3) is 0 Å². The van der Waals surface area contributed by atoms with Crippen molar-refractivity contribution in [2.24, 2.45) is 0 Å².